The van der Waals surface area contributed by atoms with Crippen LogP contribution in [0, 0.1) is 5.41 Å². The second-order valence-electron chi connectivity index (χ2n) is 5.52. The lowest BCUT2D eigenvalue weighted by Crippen LogP contribution is -2.45. The van der Waals surface area contributed by atoms with Crippen LogP contribution in [-0.4, -0.2) is 62.5 Å². The topological polar surface area (TPSA) is 83.7 Å². The molecule has 1 amide bonds. The Kier molecular flexibility index (Phi) is 4.40. The monoisotopic (exact) mass is 277 g/mol. The zero-order valence-electron chi connectivity index (χ0n) is 11.5. The van der Waals surface area contributed by atoms with Crippen molar-refractivity contribution in [3.05, 3.63) is 0 Å². The van der Waals surface area contributed by atoms with E-state index in [0.29, 0.717) is 19.6 Å². The fraction of sp³-hybridized carbons (Fsp3) is 0.909. The molecule has 7 heteroatoms. The number of rotatable bonds is 4. The number of nitrogens with zero attached hydrogens (tertiary/aromatic N) is 2. The van der Waals surface area contributed by atoms with Gasteiger partial charge in [0.25, 0.3) is 0 Å². The lowest BCUT2D eigenvalue weighted by molar-refractivity contribution is -0.128. The Morgan fingerprint density at radius 3 is 2.44 bits per heavy atom. The quantitative estimate of drug-likeness (QED) is 0.748. The van der Waals surface area contributed by atoms with Crippen LogP contribution in [0.15, 0.2) is 0 Å². The van der Waals surface area contributed by atoms with Crippen molar-refractivity contribution in [3.63, 3.8) is 0 Å². The van der Waals surface area contributed by atoms with Gasteiger partial charge >= 0.3 is 0 Å². The predicted octanol–water partition coefficient (Wildman–Crippen LogP) is -0.536. The molecule has 18 heavy (non-hydrogen) atoms. The predicted molar refractivity (Wildman–Crippen MR) is 70.4 cm³/mol. The second-order valence-corrected chi connectivity index (χ2v) is 7.77. The molecule has 2 N–H and O–H groups in total. The molecule has 0 radical (unpaired) electrons. The highest BCUT2D eigenvalue weighted by Gasteiger charge is 2.42. The number of amides is 1. The molecule has 2 unspecified atom stereocenters. The first-order valence-corrected chi connectivity index (χ1v) is 7.54. The van der Waals surface area contributed by atoms with E-state index in [4.69, 9.17) is 5.73 Å². The molecular weight excluding hydrogens is 254 g/mol. The molecule has 1 fully saturated rings. The molecule has 1 aliphatic heterocycles. The average Bonchev–Trinajstić information content (AvgIpc) is 2.71. The molecule has 1 saturated heterocycles. The van der Waals surface area contributed by atoms with E-state index < -0.39 is 21.2 Å². The minimum Gasteiger partial charge on any atom is -0.348 e. The molecule has 0 aromatic heterocycles. The normalized spacial score (nSPS) is 27.2. The van der Waals surface area contributed by atoms with Crippen molar-refractivity contribution in [3.8, 4) is 0 Å². The summed E-state index contributed by atoms with van der Waals surface area (Å²) < 4.78 is 26.0. The van der Waals surface area contributed by atoms with Crippen molar-refractivity contribution in [2.45, 2.75) is 25.5 Å². The first-order valence-electron chi connectivity index (χ1n) is 6.04. The highest BCUT2D eigenvalue weighted by atomic mass is 32.2. The van der Waals surface area contributed by atoms with Crippen molar-refractivity contribution in [2.75, 3.05) is 33.7 Å². The van der Waals surface area contributed by atoms with E-state index in [1.54, 1.807) is 14.1 Å². The lowest BCUT2D eigenvalue weighted by atomic mass is 9.90. The van der Waals surface area contributed by atoms with Crippen molar-refractivity contribution in [1.29, 1.82) is 0 Å². The molecule has 0 spiro atoms. The van der Waals surface area contributed by atoms with Gasteiger partial charge in [0.2, 0.25) is 15.9 Å². The van der Waals surface area contributed by atoms with Gasteiger partial charge in [0.15, 0.2) is 5.25 Å². The van der Waals surface area contributed by atoms with Gasteiger partial charge in [-0.15, -0.1) is 0 Å². The third kappa shape index (κ3) is 2.84. The van der Waals surface area contributed by atoms with Gasteiger partial charge in [-0.3, -0.25) is 4.79 Å². The van der Waals surface area contributed by atoms with Gasteiger partial charge in [0, 0.05) is 27.2 Å². The van der Waals surface area contributed by atoms with E-state index in [2.05, 4.69) is 0 Å². The van der Waals surface area contributed by atoms with Gasteiger partial charge in [0.05, 0.1) is 0 Å². The van der Waals surface area contributed by atoms with Crippen LogP contribution >= 0.6 is 0 Å². The zero-order valence-corrected chi connectivity index (χ0v) is 12.3. The molecule has 6 nitrogen and oxygen atoms in total. The first-order chi connectivity index (χ1) is 8.14. The zero-order chi connectivity index (χ0) is 14.1. The van der Waals surface area contributed by atoms with Crippen LogP contribution in [0.5, 0.6) is 0 Å². The summed E-state index contributed by atoms with van der Waals surface area (Å²) in [5.41, 5.74) is 5.49. The molecule has 0 saturated carbocycles. The molecular formula is C11H23N3O3S. The van der Waals surface area contributed by atoms with Crippen LogP contribution in [0.4, 0.5) is 0 Å². The Balaban J connectivity index is 2.86. The van der Waals surface area contributed by atoms with E-state index in [1.165, 1.54) is 16.1 Å². The number of sulfonamides is 1. The van der Waals surface area contributed by atoms with Crippen LogP contribution in [-0.2, 0) is 14.8 Å². The third-order valence-corrected chi connectivity index (χ3v) is 5.74. The van der Waals surface area contributed by atoms with Crippen molar-refractivity contribution in [1.82, 2.24) is 9.21 Å². The van der Waals surface area contributed by atoms with Gasteiger partial charge in [0.1, 0.15) is 0 Å². The van der Waals surface area contributed by atoms with Crippen molar-refractivity contribution >= 4 is 15.9 Å². The summed E-state index contributed by atoms with van der Waals surface area (Å²) in [4.78, 5) is 13.1. The van der Waals surface area contributed by atoms with Gasteiger partial charge in [-0.25, -0.2) is 12.7 Å². The van der Waals surface area contributed by atoms with Crippen LogP contribution in [0.25, 0.3) is 0 Å². The molecule has 2 atom stereocenters. The van der Waals surface area contributed by atoms with Gasteiger partial charge in [-0.1, -0.05) is 6.92 Å². The molecule has 0 aliphatic carbocycles. The van der Waals surface area contributed by atoms with E-state index in [0.717, 1.165) is 6.42 Å². The maximum Gasteiger partial charge on any atom is 0.241 e. The van der Waals surface area contributed by atoms with E-state index >= 15 is 0 Å². The number of hydrogen-bond donors (Lipinski definition) is 1. The maximum atomic E-state index is 12.3. The lowest BCUT2D eigenvalue weighted by Gasteiger charge is -2.25. The second kappa shape index (κ2) is 5.14. The highest BCUT2D eigenvalue weighted by molar-refractivity contribution is 7.90. The summed E-state index contributed by atoms with van der Waals surface area (Å²) in [5.74, 6) is -0.392. The summed E-state index contributed by atoms with van der Waals surface area (Å²) in [6.45, 7) is 4.71. The number of hydrogen-bond acceptors (Lipinski definition) is 4. The molecule has 0 aromatic carbocycles. The molecule has 106 valence electrons. The average molecular weight is 277 g/mol. The Hall–Kier alpha value is -0.660. The number of carbonyl (C=O) groups is 1. The smallest absolute Gasteiger partial charge is 0.241 e. The van der Waals surface area contributed by atoms with Gasteiger partial charge < -0.3 is 10.6 Å². The first kappa shape index (κ1) is 15.4. The molecule has 1 rings (SSSR count). The standard InChI is InChI=1S/C11H23N3O3S/c1-9(10(15)13(3)4)18(16,17)14-6-5-11(2,7-12)8-14/h9H,5-8,12H2,1-4H3. The minimum absolute atomic E-state index is 0.173. The van der Waals surface area contributed by atoms with Crippen LogP contribution in [0.1, 0.15) is 20.3 Å². The van der Waals surface area contributed by atoms with Crippen molar-refractivity contribution in [2.24, 2.45) is 11.1 Å². The SMILES string of the molecule is CC(C(=O)N(C)C)S(=O)(=O)N1CCC(C)(CN)C1. The molecule has 1 heterocycles. The molecule has 0 bridgehead atoms. The number of carbonyl (C=O) groups excluding carboxylic acids is 1. The van der Waals surface area contributed by atoms with E-state index in [-0.39, 0.29) is 5.41 Å². The maximum absolute atomic E-state index is 12.3. The summed E-state index contributed by atoms with van der Waals surface area (Å²) in [6.07, 6.45) is 0.742. The van der Waals surface area contributed by atoms with Gasteiger partial charge in [-0.05, 0) is 25.3 Å². The summed E-state index contributed by atoms with van der Waals surface area (Å²) in [6, 6.07) is 0. The van der Waals surface area contributed by atoms with E-state index in [1.807, 2.05) is 6.92 Å². The minimum atomic E-state index is -3.58. The van der Waals surface area contributed by atoms with Crippen LogP contribution in [0.3, 0.4) is 0 Å². The van der Waals surface area contributed by atoms with Gasteiger partial charge in [-0.2, -0.15) is 0 Å². The largest absolute Gasteiger partial charge is 0.348 e. The van der Waals surface area contributed by atoms with Crippen LogP contribution < -0.4 is 5.73 Å². The molecule has 0 aromatic rings. The van der Waals surface area contributed by atoms with Crippen LogP contribution in [0.2, 0.25) is 0 Å². The Bertz CT molecular complexity index is 421. The van der Waals surface area contributed by atoms with E-state index in [9.17, 15) is 13.2 Å². The highest BCUT2D eigenvalue weighted by Crippen LogP contribution is 2.31. The Labute approximate surface area is 109 Å². The Morgan fingerprint density at radius 2 is 2.06 bits per heavy atom. The molecule has 1 aliphatic rings. The summed E-state index contributed by atoms with van der Waals surface area (Å²) >= 11 is 0. The summed E-state index contributed by atoms with van der Waals surface area (Å²) in [5, 5.41) is -1.03. The summed E-state index contributed by atoms with van der Waals surface area (Å²) in [7, 11) is -0.462. The number of nitrogens with two attached hydrogens (primary N) is 1. The van der Waals surface area contributed by atoms with Crippen molar-refractivity contribution < 1.29 is 13.2 Å². The fourth-order valence-corrected chi connectivity index (χ4v) is 3.83. The third-order valence-electron chi connectivity index (χ3n) is 3.61. The Morgan fingerprint density at radius 1 is 1.50 bits per heavy atom. The fourth-order valence-electron chi connectivity index (χ4n) is 2.08.